The van der Waals surface area contributed by atoms with Gasteiger partial charge < -0.3 is 23.7 Å². The van der Waals surface area contributed by atoms with Gasteiger partial charge in [-0.15, -0.1) is 0 Å². The quantitative estimate of drug-likeness (QED) is 0.125. The Bertz CT molecular complexity index is 1340. The number of carbonyl (C=O) groups excluding carboxylic acids is 3. The minimum Gasteiger partial charge on any atom is -0.452 e. The third-order valence-corrected chi connectivity index (χ3v) is 6.16. The lowest BCUT2D eigenvalue weighted by Gasteiger charge is -2.40. The van der Waals surface area contributed by atoms with E-state index in [1.165, 1.54) is 36.4 Å². The Morgan fingerprint density at radius 3 is 1.48 bits per heavy atom. The summed E-state index contributed by atoms with van der Waals surface area (Å²) in [6.07, 6.45) is -5.84. The Morgan fingerprint density at radius 1 is 0.650 bits per heavy atom. The standard InChI is InChI=1S/C28H22Cl3NO8/c29-28(30,31)27(32)40-26-22(39-25(35)19-14-8-3-9-15-19)21(38-24(34)18-12-6-2-7-13-18)20(16-36-26)37-23(33)17-10-4-1-5-11-17/h1-15,20-22,26,32H,16H2/t20-,21+,22-,26?/m1/s1. The number of esters is 3. The van der Waals surface area contributed by atoms with Crippen molar-refractivity contribution in [3.8, 4) is 0 Å². The maximum atomic E-state index is 13.1. The Morgan fingerprint density at radius 2 is 1.05 bits per heavy atom. The third-order valence-electron chi connectivity index (χ3n) is 5.65. The van der Waals surface area contributed by atoms with Crippen molar-refractivity contribution in [1.29, 1.82) is 5.41 Å². The van der Waals surface area contributed by atoms with E-state index in [0.717, 1.165) is 0 Å². The molecule has 0 radical (unpaired) electrons. The van der Waals surface area contributed by atoms with Gasteiger partial charge in [0.2, 0.25) is 18.3 Å². The fourth-order valence-corrected chi connectivity index (χ4v) is 3.84. The van der Waals surface area contributed by atoms with Crippen molar-refractivity contribution < 1.29 is 38.1 Å². The highest BCUT2D eigenvalue weighted by Gasteiger charge is 2.50. The predicted octanol–water partition coefficient (Wildman–Crippen LogP) is 5.38. The first-order valence-electron chi connectivity index (χ1n) is 11.9. The first-order chi connectivity index (χ1) is 19.1. The Kier molecular flexibility index (Phi) is 9.65. The SMILES string of the molecule is N=C(OC1OC[C@@H](OC(=O)c2ccccc2)[C@H](OC(=O)c2ccccc2)[C@H]1OC(=O)c1ccccc1)C(Cl)(Cl)Cl. The van der Waals surface area contributed by atoms with Gasteiger partial charge in [0.25, 0.3) is 3.79 Å². The third kappa shape index (κ3) is 7.51. The number of hydrogen-bond acceptors (Lipinski definition) is 9. The molecule has 0 aliphatic carbocycles. The molecule has 1 saturated heterocycles. The Hall–Kier alpha value is -3.63. The molecule has 12 heteroatoms. The number of nitrogens with one attached hydrogen (secondary N) is 1. The van der Waals surface area contributed by atoms with E-state index >= 15 is 0 Å². The van der Waals surface area contributed by atoms with Gasteiger partial charge in [0.1, 0.15) is 0 Å². The molecule has 0 bridgehead atoms. The summed E-state index contributed by atoms with van der Waals surface area (Å²) in [6, 6.07) is 24.1. The zero-order chi connectivity index (χ0) is 28.7. The minimum atomic E-state index is -2.27. The van der Waals surface area contributed by atoms with Crippen molar-refractivity contribution in [1.82, 2.24) is 0 Å². The summed E-state index contributed by atoms with van der Waals surface area (Å²) in [5.41, 5.74) is 0.570. The molecule has 1 aliphatic rings. The fourth-order valence-electron chi connectivity index (χ4n) is 3.71. The van der Waals surface area contributed by atoms with E-state index in [-0.39, 0.29) is 23.3 Å². The van der Waals surface area contributed by atoms with Crippen LogP contribution in [0.4, 0.5) is 0 Å². The molecule has 0 aromatic heterocycles. The molecule has 1 fully saturated rings. The molecule has 3 aromatic rings. The molecule has 208 valence electrons. The van der Waals surface area contributed by atoms with E-state index < -0.39 is 52.2 Å². The van der Waals surface area contributed by atoms with Crippen LogP contribution in [0.15, 0.2) is 91.0 Å². The topological polar surface area (TPSA) is 121 Å². The summed E-state index contributed by atoms with van der Waals surface area (Å²) in [5, 5.41) is 8.00. The van der Waals surface area contributed by atoms with Crippen LogP contribution < -0.4 is 0 Å². The molecular weight excluding hydrogens is 585 g/mol. The van der Waals surface area contributed by atoms with E-state index in [2.05, 4.69) is 0 Å². The molecule has 4 rings (SSSR count). The zero-order valence-corrected chi connectivity index (χ0v) is 22.8. The fraction of sp³-hybridized carbons (Fsp3) is 0.214. The Balaban J connectivity index is 1.68. The normalized spacial score (nSPS) is 20.6. The highest BCUT2D eigenvalue weighted by atomic mass is 35.6. The summed E-state index contributed by atoms with van der Waals surface area (Å²) < 4.78 is 25.9. The summed E-state index contributed by atoms with van der Waals surface area (Å²) >= 11 is 17.3. The maximum absolute atomic E-state index is 13.1. The average Bonchev–Trinajstić information content (AvgIpc) is 2.96. The van der Waals surface area contributed by atoms with Gasteiger partial charge >= 0.3 is 17.9 Å². The smallest absolute Gasteiger partial charge is 0.338 e. The number of halogens is 3. The van der Waals surface area contributed by atoms with Crippen LogP contribution in [-0.4, -0.2) is 58.8 Å². The largest absolute Gasteiger partial charge is 0.452 e. The molecule has 0 amide bonds. The lowest BCUT2D eigenvalue weighted by Crippen LogP contribution is -2.59. The van der Waals surface area contributed by atoms with Crippen LogP contribution in [-0.2, 0) is 23.7 Å². The van der Waals surface area contributed by atoms with Crippen molar-refractivity contribution in [2.45, 2.75) is 28.4 Å². The molecule has 4 atom stereocenters. The van der Waals surface area contributed by atoms with Crippen LogP contribution in [0.3, 0.4) is 0 Å². The summed E-state index contributed by atoms with van der Waals surface area (Å²) in [6.45, 7) is -0.373. The number of benzene rings is 3. The highest BCUT2D eigenvalue weighted by molar-refractivity contribution is 6.76. The molecule has 0 saturated carbocycles. The molecule has 3 aromatic carbocycles. The second kappa shape index (κ2) is 13.1. The van der Waals surface area contributed by atoms with Crippen LogP contribution in [0.1, 0.15) is 31.1 Å². The number of rotatable bonds is 7. The lowest BCUT2D eigenvalue weighted by atomic mass is 10.0. The molecule has 1 heterocycles. The highest BCUT2D eigenvalue weighted by Crippen LogP contribution is 2.32. The van der Waals surface area contributed by atoms with Gasteiger partial charge in [-0.05, 0) is 36.4 Å². The maximum Gasteiger partial charge on any atom is 0.338 e. The van der Waals surface area contributed by atoms with Crippen LogP contribution in [0.25, 0.3) is 0 Å². The van der Waals surface area contributed by atoms with Crippen LogP contribution in [0.5, 0.6) is 0 Å². The minimum absolute atomic E-state index is 0.161. The number of hydrogen-bond donors (Lipinski definition) is 1. The van der Waals surface area contributed by atoms with E-state index in [1.54, 1.807) is 54.6 Å². The molecule has 9 nitrogen and oxygen atoms in total. The van der Waals surface area contributed by atoms with Crippen molar-refractivity contribution >= 4 is 58.6 Å². The van der Waals surface area contributed by atoms with E-state index in [4.69, 9.17) is 63.9 Å². The Labute approximate surface area is 244 Å². The van der Waals surface area contributed by atoms with Gasteiger partial charge in [-0.2, -0.15) is 0 Å². The second-order valence-corrected chi connectivity index (χ2v) is 10.7. The first-order valence-corrected chi connectivity index (χ1v) is 13.0. The zero-order valence-electron chi connectivity index (χ0n) is 20.6. The molecule has 40 heavy (non-hydrogen) atoms. The van der Waals surface area contributed by atoms with Crippen LogP contribution in [0.2, 0.25) is 0 Å². The van der Waals surface area contributed by atoms with E-state index in [1.807, 2.05) is 0 Å². The van der Waals surface area contributed by atoms with Crippen molar-refractivity contribution in [3.63, 3.8) is 0 Å². The van der Waals surface area contributed by atoms with Gasteiger partial charge in [0.05, 0.1) is 23.3 Å². The van der Waals surface area contributed by atoms with Gasteiger partial charge in [-0.25, -0.2) is 14.4 Å². The summed E-state index contributed by atoms with van der Waals surface area (Å²) in [7, 11) is 0. The number of alkyl halides is 3. The van der Waals surface area contributed by atoms with Crippen LogP contribution >= 0.6 is 34.8 Å². The molecule has 1 aliphatic heterocycles. The summed E-state index contributed by atoms with van der Waals surface area (Å²) in [5.74, 6) is -3.21. The molecule has 1 N–H and O–H groups in total. The molecule has 0 spiro atoms. The monoisotopic (exact) mass is 605 g/mol. The van der Waals surface area contributed by atoms with E-state index in [9.17, 15) is 14.4 Å². The van der Waals surface area contributed by atoms with Crippen molar-refractivity contribution in [3.05, 3.63) is 108 Å². The summed E-state index contributed by atoms with van der Waals surface area (Å²) in [4.78, 5) is 39.1. The van der Waals surface area contributed by atoms with Crippen molar-refractivity contribution in [2.24, 2.45) is 0 Å². The number of ether oxygens (including phenoxy) is 5. The van der Waals surface area contributed by atoms with E-state index in [0.29, 0.717) is 0 Å². The predicted molar refractivity (Wildman–Crippen MR) is 146 cm³/mol. The van der Waals surface area contributed by atoms with Gasteiger partial charge in [0.15, 0.2) is 12.2 Å². The number of carbonyl (C=O) groups is 3. The molecule has 1 unspecified atom stereocenters. The molecular formula is C28H22Cl3NO8. The average molecular weight is 607 g/mol. The first kappa shape index (κ1) is 29.4. The van der Waals surface area contributed by atoms with Crippen molar-refractivity contribution in [2.75, 3.05) is 6.61 Å². The van der Waals surface area contributed by atoms with Crippen LogP contribution in [0, 0.1) is 5.41 Å². The second-order valence-electron chi connectivity index (χ2n) is 8.43. The lowest BCUT2D eigenvalue weighted by molar-refractivity contribution is -0.245. The van der Waals surface area contributed by atoms with Gasteiger partial charge in [-0.1, -0.05) is 89.4 Å². The van der Waals surface area contributed by atoms with Gasteiger partial charge in [0, 0.05) is 0 Å². The van der Waals surface area contributed by atoms with Gasteiger partial charge in [-0.3, -0.25) is 5.41 Å².